The van der Waals surface area contributed by atoms with Gasteiger partial charge in [-0.15, -0.1) is 0 Å². The zero-order valence-electron chi connectivity index (χ0n) is 16.9. The third-order valence-electron chi connectivity index (χ3n) is 4.68. The van der Waals surface area contributed by atoms with Crippen LogP contribution < -0.4 is 20.1 Å². The summed E-state index contributed by atoms with van der Waals surface area (Å²) >= 11 is 5.59. The van der Waals surface area contributed by atoms with Crippen LogP contribution in [0.4, 0.5) is 0 Å². The Balaban J connectivity index is 2.33. The fraction of sp³-hybridized carbons (Fsp3) is 0.600. The van der Waals surface area contributed by atoms with Crippen molar-refractivity contribution in [3.8, 4) is 11.5 Å². The molecule has 1 heterocycles. The fourth-order valence-corrected chi connectivity index (χ4v) is 3.76. The molecule has 2 N–H and O–H groups in total. The van der Waals surface area contributed by atoms with Crippen LogP contribution in [0.2, 0.25) is 0 Å². The van der Waals surface area contributed by atoms with Crippen molar-refractivity contribution in [3.05, 3.63) is 23.3 Å². The normalized spacial score (nSPS) is 15.9. The van der Waals surface area contributed by atoms with Gasteiger partial charge in [-0.3, -0.25) is 4.79 Å². The van der Waals surface area contributed by atoms with E-state index in [4.69, 9.17) is 21.7 Å². The van der Waals surface area contributed by atoms with Crippen LogP contribution in [0.5, 0.6) is 11.5 Å². The van der Waals surface area contributed by atoms with Crippen molar-refractivity contribution in [2.75, 3.05) is 33.9 Å². The highest BCUT2D eigenvalue weighted by atomic mass is 32.1. The maximum absolute atomic E-state index is 12.2. The van der Waals surface area contributed by atoms with Gasteiger partial charge in [0, 0.05) is 26.1 Å². The lowest BCUT2D eigenvalue weighted by molar-refractivity contribution is -0.122. The van der Waals surface area contributed by atoms with E-state index in [-0.39, 0.29) is 11.9 Å². The number of nitrogens with one attached hydrogen (secondary N) is 2. The molecule has 2 rings (SSSR count). The number of thiocarbonyl (C=S) groups is 1. The molecule has 1 aromatic rings. The molecule has 0 spiro atoms. The number of benzene rings is 1. The fourth-order valence-electron chi connectivity index (χ4n) is 3.40. The van der Waals surface area contributed by atoms with Crippen LogP contribution in [0.15, 0.2) is 12.1 Å². The quantitative estimate of drug-likeness (QED) is 0.695. The Bertz CT molecular complexity index is 679. The minimum absolute atomic E-state index is 0.0452. The third kappa shape index (κ3) is 5.25. The first-order chi connectivity index (χ1) is 12.9. The van der Waals surface area contributed by atoms with Crippen molar-refractivity contribution >= 4 is 23.2 Å². The molecule has 1 aliphatic rings. The third-order valence-corrected chi connectivity index (χ3v) is 5.06. The summed E-state index contributed by atoms with van der Waals surface area (Å²) in [4.78, 5) is 14.4. The summed E-state index contributed by atoms with van der Waals surface area (Å²) in [7, 11) is 3.27. The average molecular weight is 394 g/mol. The van der Waals surface area contributed by atoms with Gasteiger partial charge in [0.1, 0.15) is 0 Å². The van der Waals surface area contributed by atoms with E-state index in [0.29, 0.717) is 29.7 Å². The molecule has 1 amide bonds. The molecule has 0 saturated heterocycles. The number of hydrogen-bond donors (Lipinski definition) is 2. The van der Waals surface area contributed by atoms with E-state index in [1.54, 1.807) is 14.2 Å². The summed E-state index contributed by atoms with van der Waals surface area (Å²) in [6, 6.07) is 4.00. The lowest BCUT2D eigenvalue weighted by Gasteiger charge is -2.39. The molecule has 27 heavy (non-hydrogen) atoms. The number of fused-ring (bicyclic) bond motifs is 1. The molecule has 0 unspecified atom stereocenters. The molecule has 1 aromatic carbocycles. The van der Waals surface area contributed by atoms with E-state index in [0.717, 1.165) is 30.8 Å². The first-order valence-electron chi connectivity index (χ1n) is 9.47. The summed E-state index contributed by atoms with van der Waals surface area (Å²) in [5, 5.41) is 7.02. The van der Waals surface area contributed by atoms with Crippen LogP contribution >= 0.6 is 12.2 Å². The van der Waals surface area contributed by atoms with Crippen LogP contribution in [0.25, 0.3) is 0 Å². The molecular weight excluding hydrogens is 362 g/mol. The van der Waals surface area contributed by atoms with Gasteiger partial charge in [-0.2, -0.15) is 0 Å². The number of nitrogens with zero attached hydrogens (tertiary/aromatic N) is 1. The maximum atomic E-state index is 12.2. The lowest BCUT2D eigenvalue weighted by Crippen LogP contribution is -2.49. The predicted molar refractivity (Wildman–Crippen MR) is 111 cm³/mol. The van der Waals surface area contributed by atoms with Gasteiger partial charge in [-0.05, 0) is 54.7 Å². The average Bonchev–Trinajstić information content (AvgIpc) is 2.64. The number of carbonyl (C=O) groups excluding carboxylic acids is 1. The van der Waals surface area contributed by atoms with E-state index in [2.05, 4.69) is 15.5 Å². The zero-order chi connectivity index (χ0) is 20.0. The SMILES string of the molecule is CCNC(=S)N1CCc2cc(OC)c(OC)cc2[C@@H]1CNC(=O)CC(C)C. The number of hydrogen-bond acceptors (Lipinski definition) is 4. The van der Waals surface area contributed by atoms with E-state index in [1.807, 2.05) is 32.9 Å². The van der Waals surface area contributed by atoms with Gasteiger partial charge in [0.05, 0.1) is 20.3 Å². The summed E-state index contributed by atoms with van der Waals surface area (Å²) in [5.74, 6) is 1.80. The van der Waals surface area contributed by atoms with E-state index < -0.39 is 0 Å². The molecule has 0 saturated carbocycles. The van der Waals surface area contributed by atoms with Gasteiger partial charge in [0.15, 0.2) is 16.6 Å². The number of carbonyl (C=O) groups is 1. The van der Waals surface area contributed by atoms with Crippen LogP contribution in [-0.4, -0.2) is 49.8 Å². The van der Waals surface area contributed by atoms with E-state index >= 15 is 0 Å². The minimum Gasteiger partial charge on any atom is -0.493 e. The molecule has 150 valence electrons. The van der Waals surface area contributed by atoms with Gasteiger partial charge < -0.3 is 25.0 Å². The minimum atomic E-state index is -0.0452. The second-order valence-corrected chi connectivity index (χ2v) is 7.49. The zero-order valence-corrected chi connectivity index (χ0v) is 17.7. The monoisotopic (exact) mass is 393 g/mol. The summed E-state index contributed by atoms with van der Waals surface area (Å²) in [6.07, 6.45) is 1.38. The Hall–Kier alpha value is -2.02. The molecule has 1 aliphatic heterocycles. The summed E-state index contributed by atoms with van der Waals surface area (Å²) < 4.78 is 10.9. The second-order valence-electron chi connectivity index (χ2n) is 7.10. The van der Waals surface area contributed by atoms with Crippen LogP contribution in [-0.2, 0) is 11.2 Å². The van der Waals surface area contributed by atoms with Gasteiger partial charge in [0.2, 0.25) is 5.91 Å². The second kappa shape index (κ2) is 9.78. The van der Waals surface area contributed by atoms with Crippen molar-refractivity contribution in [1.29, 1.82) is 0 Å². The summed E-state index contributed by atoms with van der Waals surface area (Å²) in [6.45, 7) is 8.16. The van der Waals surface area contributed by atoms with E-state index in [9.17, 15) is 4.79 Å². The molecule has 0 aromatic heterocycles. The summed E-state index contributed by atoms with van der Waals surface area (Å²) in [5.41, 5.74) is 2.32. The van der Waals surface area contributed by atoms with Crippen molar-refractivity contribution in [3.63, 3.8) is 0 Å². The van der Waals surface area contributed by atoms with Crippen LogP contribution in [0.1, 0.15) is 44.4 Å². The first-order valence-corrected chi connectivity index (χ1v) is 9.88. The largest absolute Gasteiger partial charge is 0.493 e. The molecule has 6 nitrogen and oxygen atoms in total. The maximum Gasteiger partial charge on any atom is 0.220 e. The smallest absolute Gasteiger partial charge is 0.220 e. The van der Waals surface area contributed by atoms with Gasteiger partial charge in [-0.25, -0.2) is 0 Å². The Labute approximate surface area is 167 Å². The Morgan fingerprint density at radius 2 is 1.93 bits per heavy atom. The molecule has 0 aliphatic carbocycles. The first kappa shape index (κ1) is 21.3. The predicted octanol–water partition coefficient (Wildman–Crippen LogP) is 2.66. The highest BCUT2D eigenvalue weighted by molar-refractivity contribution is 7.80. The van der Waals surface area contributed by atoms with Crippen molar-refractivity contribution in [1.82, 2.24) is 15.5 Å². The van der Waals surface area contributed by atoms with Crippen LogP contribution in [0.3, 0.4) is 0 Å². The highest BCUT2D eigenvalue weighted by Crippen LogP contribution is 2.38. The number of rotatable bonds is 7. The molecular formula is C20H31N3O3S. The van der Waals surface area contributed by atoms with Gasteiger partial charge >= 0.3 is 0 Å². The molecule has 1 atom stereocenters. The molecule has 0 radical (unpaired) electrons. The number of methoxy groups -OCH3 is 2. The number of ether oxygens (including phenoxy) is 2. The van der Waals surface area contributed by atoms with Gasteiger partial charge in [-0.1, -0.05) is 13.8 Å². The molecule has 7 heteroatoms. The topological polar surface area (TPSA) is 62.8 Å². The molecule has 0 bridgehead atoms. The highest BCUT2D eigenvalue weighted by Gasteiger charge is 2.30. The molecule has 0 fully saturated rings. The Morgan fingerprint density at radius 3 is 2.52 bits per heavy atom. The van der Waals surface area contributed by atoms with Gasteiger partial charge in [0.25, 0.3) is 0 Å². The number of amides is 1. The van der Waals surface area contributed by atoms with Crippen molar-refractivity contribution in [2.24, 2.45) is 5.92 Å². The lowest BCUT2D eigenvalue weighted by atomic mass is 9.91. The Morgan fingerprint density at radius 1 is 1.26 bits per heavy atom. The standard InChI is InChI=1S/C20H31N3O3S/c1-6-21-20(27)23-8-7-14-10-17(25-4)18(26-5)11-15(14)16(23)12-22-19(24)9-13(2)3/h10-11,13,16H,6-9,12H2,1-5H3,(H,21,27)(H,22,24)/t16-/m0/s1. The van der Waals surface area contributed by atoms with Crippen LogP contribution in [0, 0.1) is 5.92 Å². The Kier molecular flexibility index (Phi) is 7.71. The van der Waals surface area contributed by atoms with Crippen molar-refractivity contribution < 1.29 is 14.3 Å². The van der Waals surface area contributed by atoms with Crippen molar-refractivity contribution in [2.45, 2.75) is 39.7 Å². The van der Waals surface area contributed by atoms with E-state index in [1.165, 1.54) is 5.56 Å².